The van der Waals surface area contributed by atoms with Crippen molar-refractivity contribution in [2.24, 2.45) is 18.2 Å². The summed E-state index contributed by atoms with van der Waals surface area (Å²) < 4.78 is 30.0. The molecular formula is C33H45N7O4S. The van der Waals surface area contributed by atoms with Gasteiger partial charge in [0.15, 0.2) is 5.82 Å². The molecule has 0 spiro atoms. The maximum absolute atomic E-state index is 13.3. The normalized spacial score (nSPS) is 20.2. The summed E-state index contributed by atoms with van der Waals surface area (Å²) in [6.45, 7) is 8.74. The average Bonchev–Trinajstić information content (AvgIpc) is 3.32. The minimum atomic E-state index is -3.52. The highest BCUT2D eigenvalue weighted by molar-refractivity contribution is 7.89. The number of aryl methyl sites for hydroxylation is 1. The Balaban J connectivity index is 1.07. The number of carbonyl (C=O) groups is 2. The Hall–Kier alpha value is -3.32. The molecule has 0 saturated carbocycles. The molecule has 3 aromatic rings. The molecule has 3 saturated heterocycles. The summed E-state index contributed by atoms with van der Waals surface area (Å²) in [7, 11) is -1.63. The van der Waals surface area contributed by atoms with Crippen LogP contribution in [0.2, 0.25) is 0 Å². The second-order valence-electron chi connectivity index (χ2n) is 13.8. The number of aromatic nitrogens is 2. The SMILES string of the molecule is Cn1nc(N2CCC(=O)NC2=O)c2ccc(C3CCN(CC(C)(C)Cc4cccc(S(=O)(=O)N5CCC(N)CC5)c4)CC3)cc21. The van der Waals surface area contributed by atoms with Crippen LogP contribution in [-0.4, -0.2) is 84.7 Å². The molecule has 3 amide bonds. The molecule has 0 unspecified atom stereocenters. The predicted octanol–water partition coefficient (Wildman–Crippen LogP) is 3.58. The zero-order valence-corrected chi connectivity index (χ0v) is 27.4. The molecule has 3 aliphatic heterocycles. The predicted molar refractivity (Wildman–Crippen MR) is 175 cm³/mol. The van der Waals surface area contributed by atoms with Gasteiger partial charge in [0, 0.05) is 51.1 Å². The molecule has 12 heteroatoms. The molecule has 11 nitrogen and oxygen atoms in total. The van der Waals surface area contributed by atoms with Crippen molar-refractivity contribution in [3.8, 4) is 0 Å². The van der Waals surface area contributed by atoms with E-state index in [4.69, 9.17) is 5.73 Å². The third-order valence-electron chi connectivity index (χ3n) is 9.59. The number of sulfonamides is 1. The van der Waals surface area contributed by atoms with Crippen LogP contribution in [0.5, 0.6) is 0 Å². The van der Waals surface area contributed by atoms with Crippen molar-refractivity contribution in [3.63, 3.8) is 0 Å². The van der Waals surface area contributed by atoms with Crippen molar-refractivity contribution in [3.05, 3.63) is 53.6 Å². The number of hydrogen-bond donors (Lipinski definition) is 2. The van der Waals surface area contributed by atoms with E-state index in [1.165, 1.54) is 5.56 Å². The standard InChI is InChI=1S/C33H45N7O4S/c1-33(2,21-23-5-4-6-27(19-23)45(43,44)39-16-11-26(34)12-17-39)22-38-14-9-24(10-15-38)25-7-8-28-29(20-25)37(3)36-31(28)40-18-13-30(41)35-32(40)42/h4-8,19-20,24,26H,9-18,21-22,34H2,1-3H3,(H,35,41,42). The number of nitrogens with two attached hydrogens (primary N) is 1. The van der Waals surface area contributed by atoms with E-state index in [0.717, 1.165) is 55.4 Å². The van der Waals surface area contributed by atoms with Gasteiger partial charge in [0.1, 0.15) is 0 Å². The van der Waals surface area contributed by atoms with Crippen molar-refractivity contribution < 1.29 is 18.0 Å². The van der Waals surface area contributed by atoms with E-state index < -0.39 is 16.1 Å². The van der Waals surface area contributed by atoms with Gasteiger partial charge in [0.25, 0.3) is 0 Å². The number of amides is 3. The number of hydrogen-bond acceptors (Lipinski definition) is 7. The van der Waals surface area contributed by atoms with Crippen molar-refractivity contribution >= 4 is 38.7 Å². The van der Waals surface area contributed by atoms with E-state index >= 15 is 0 Å². The molecule has 0 aliphatic carbocycles. The second-order valence-corrected chi connectivity index (χ2v) is 15.7. The first-order chi connectivity index (χ1) is 21.4. The minimum Gasteiger partial charge on any atom is -0.328 e. The Labute approximate surface area is 265 Å². The topological polar surface area (TPSA) is 134 Å². The Morgan fingerprint density at radius 2 is 1.71 bits per heavy atom. The molecule has 0 radical (unpaired) electrons. The average molecular weight is 636 g/mol. The van der Waals surface area contributed by atoms with Gasteiger partial charge in [0.05, 0.1) is 10.4 Å². The molecule has 0 atom stereocenters. The van der Waals surface area contributed by atoms with E-state index in [-0.39, 0.29) is 23.8 Å². The van der Waals surface area contributed by atoms with Gasteiger partial charge < -0.3 is 10.6 Å². The van der Waals surface area contributed by atoms with Crippen LogP contribution in [-0.2, 0) is 28.3 Å². The second kappa shape index (κ2) is 12.5. The van der Waals surface area contributed by atoms with Crippen LogP contribution in [0.15, 0.2) is 47.4 Å². The minimum absolute atomic E-state index is 0.0253. The molecule has 3 aliphatic rings. The summed E-state index contributed by atoms with van der Waals surface area (Å²) in [6, 6.07) is 13.5. The maximum atomic E-state index is 13.3. The Kier molecular flexibility index (Phi) is 8.77. The largest absolute Gasteiger partial charge is 0.329 e. The van der Waals surface area contributed by atoms with Crippen LogP contribution in [0.3, 0.4) is 0 Å². The number of imide groups is 1. The molecule has 242 valence electrons. The van der Waals surface area contributed by atoms with Crippen molar-refractivity contribution in [2.45, 2.75) is 69.2 Å². The number of fused-ring (bicyclic) bond motifs is 1. The summed E-state index contributed by atoms with van der Waals surface area (Å²) in [5, 5.41) is 7.92. The number of piperidine rings is 2. The summed E-state index contributed by atoms with van der Waals surface area (Å²) in [5.41, 5.74) is 9.27. The molecule has 4 heterocycles. The molecule has 3 fully saturated rings. The van der Waals surface area contributed by atoms with Crippen LogP contribution in [0.4, 0.5) is 10.6 Å². The molecule has 2 aromatic carbocycles. The lowest BCUT2D eigenvalue weighted by Gasteiger charge is -2.38. The molecule has 0 bridgehead atoms. The molecule has 1 aromatic heterocycles. The monoisotopic (exact) mass is 635 g/mol. The zero-order chi connectivity index (χ0) is 31.9. The van der Waals surface area contributed by atoms with Crippen LogP contribution >= 0.6 is 0 Å². The van der Waals surface area contributed by atoms with E-state index in [2.05, 4.69) is 47.4 Å². The fourth-order valence-electron chi connectivity index (χ4n) is 7.19. The van der Waals surface area contributed by atoms with Gasteiger partial charge in [-0.3, -0.25) is 19.7 Å². The highest BCUT2D eigenvalue weighted by Gasteiger charge is 2.31. The van der Waals surface area contributed by atoms with E-state index in [9.17, 15) is 18.0 Å². The number of urea groups is 1. The first kappa shape index (κ1) is 31.7. The molecular weight excluding hydrogens is 590 g/mol. The third kappa shape index (κ3) is 6.79. The molecule has 3 N–H and O–H groups in total. The van der Waals surface area contributed by atoms with E-state index in [1.807, 2.05) is 29.9 Å². The Morgan fingerprint density at radius 3 is 2.42 bits per heavy atom. The van der Waals surface area contributed by atoms with Gasteiger partial charge in [-0.05, 0) is 91.9 Å². The van der Waals surface area contributed by atoms with E-state index in [0.29, 0.717) is 49.1 Å². The fraction of sp³-hybridized carbons (Fsp3) is 0.545. The smallest absolute Gasteiger partial charge is 0.328 e. The van der Waals surface area contributed by atoms with Crippen molar-refractivity contribution in [2.75, 3.05) is 44.2 Å². The number of rotatable bonds is 8. The lowest BCUT2D eigenvalue weighted by atomic mass is 9.83. The fourth-order valence-corrected chi connectivity index (χ4v) is 8.73. The first-order valence-corrected chi connectivity index (χ1v) is 17.5. The van der Waals surface area contributed by atoms with Crippen molar-refractivity contribution in [1.82, 2.24) is 24.3 Å². The van der Waals surface area contributed by atoms with Gasteiger partial charge in [-0.15, -0.1) is 0 Å². The number of benzene rings is 2. The van der Waals surface area contributed by atoms with Gasteiger partial charge in [-0.1, -0.05) is 32.0 Å². The molecule has 6 rings (SSSR count). The number of anilines is 1. The zero-order valence-electron chi connectivity index (χ0n) is 26.5. The van der Waals surface area contributed by atoms with Gasteiger partial charge >= 0.3 is 6.03 Å². The van der Waals surface area contributed by atoms with Gasteiger partial charge in [-0.2, -0.15) is 9.40 Å². The lowest BCUT2D eigenvalue weighted by molar-refractivity contribution is -0.120. The maximum Gasteiger partial charge on any atom is 0.329 e. The number of carbonyl (C=O) groups excluding carboxylic acids is 2. The quantitative estimate of drug-likeness (QED) is 0.387. The number of nitrogens with one attached hydrogen (secondary N) is 1. The highest BCUT2D eigenvalue weighted by Crippen LogP contribution is 2.35. The highest BCUT2D eigenvalue weighted by atomic mass is 32.2. The van der Waals surface area contributed by atoms with Crippen LogP contribution < -0.4 is 16.0 Å². The van der Waals surface area contributed by atoms with Crippen LogP contribution in [0.25, 0.3) is 10.9 Å². The number of likely N-dealkylation sites (tertiary alicyclic amines) is 1. The van der Waals surface area contributed by atoms with Gasteiger partial charge in [0.2, 0.25) is 15.9 Å². The Bertz CT molecular complexity index is 1690. The third-order valence-corrected chi connectivity index (χ3v) is 11.5. The van der Waals surface area contributed by atoms with E-state index in [1.54, 1.807) is 15.3 Å². The lowest BCUT2D eigenvalue weighted by Crippen LogP contribution is -2.49. The van der Waals surface area contributed by atoms with Crippen molar-refractivity contribution in [1.29, 1.82) is 0 Å². The summed E-state index contributed by atoms with van der Waals surface area (Å²) in [5.74, 6) is 0.766. The summed E-state index contributed by atoms with van der Waals surface area (Å²) in [6.07, 6.45) is 4.56. The number of nitrogens with zero attached hydrogens (tertiary/aromatic N) is 5. The molecule has 45 heavy (non-hydrogen) atoms. The first-order valence-electron chi connectivity index (χ1n) is 16.0. The Morgan fingerprint density at radius 1 is 0.978 bits per heavy atom. The van der Waals surface area contributed by atoms with Crippen LogP contribution in [0, 0.1) is 5.41 Å². The van der Waals surface area contributed by atoms with Crippen LogP contribution in [0.1, 0.15) is 63.0 Å². The summed E-state index contributed by atoms with van der Waals surface area (Å²) in [4.78, 5) is 28.5. The van der Waals surface area contributed by atoms with Gasteiger partial charge in [-0.25, -0.2) is 13.2 Å². The summed E-state index contributed by atoms with van der Waals surface area (Å²) >= 11 is 0.